The van der Waals surface area contributed by atoms with Crippen LogP contribution in [0.15, 0.2) is 66.9 Å². The average molecular weight is 432 g/mol. The molecule has 0 spiro atoms. The third-order valence-electron chi connectivity index (χ3n) is 5.65. The first kappa shape index (κ1) is 21.8. The molecule has 0 fully saturated rings. The number of nitrogens with zero attached hydrogens (tertiary/aromatic N) is 2. The van der Waals surface area contributed by atoms with Crippen molar-refractivity contribution in [3.05, 3.63) is 78.0 Å². The van der Waals surface area contributed by atoms with Gasteiger partial charge < -0.3 is 14.8 Å². The molecule has 1 atom stereocenters. The molecule has 6 nitrogen and oxygen atoms in total. The maximum atomic E-state index is 12.1. The van der Waals surface area contributed by atoms with E-state index in [1.165, 1.54) is 5.56 Å². The number of nitrogens with one attached hydrogen (secondary N) is 1. The molecule has 0 saturated carbocycles. The van der Waals surface area contributed by atoms with Gasteiger partial charge in [-0.2, -0.15) is 0 Å². The third kappa shape index (κ3) is 5.45. The number of rotatable bonds is 8. The van der Waals surface area contributed by atoms with Gasteiger partial charge in [0.25, 0.3) is 0 Å². The van der Waals surface area contributed by atoms with Crippen molar-refractivity contribution >= 4 is 11.6 Å². The largest absolute Gasteiger partial charge is 0.485 e. The average Bonchev–Trinajstić information content (AvgIpc) is 2.84. The van der Waals surface area contributed by atoms with Gasteiger partial charge in [-0.15, -0.1) is 0 Å². The number of aryl methyl sites for hydroxylation is 1. The molecule has 32 heavy (non-hydrogen) atoms. The third-order valence-corrected chi connectivity index (χ3v) is 5.65. The zero-order valence-corrected chi connectivity index (χ0v) is 18.6. The molecular weight excluding hydrogens is 402 g/mol. The Labute approximate surface area is 189 Å². The van der Waals surface area contributed by atoms with Crippen molar-refractivity contribution in [1.82, 2.24) is 9.88 Å². The van der Waals surface area contributed by atoms with E-state index in [4.69, 9.17) is 9.47 Å². The van der Waals surface area contributed by atoms with E-state index in [2.05, 4.69) is 27.3 Å². The first-order valence-electron chi connectivity index (χ1n) is 11.1. The molecule has 166 valence electrons. The zero-order valence-electron chi connectivity index (χ0n) is 18.6. The number of benzene rings is 2. The van der Waals surface area contributed by atoms with Crippen LogP contribution in [0.25, 0.3) is 0 Å². The maximum absolute atomic E-state index is 12.1. The van der Waals surface area contributed by atoms with Crippen LogP contribution in [-0.4, -0.2) is 35.4 Å². The van der Waals surface area contributed by atoms with Crippen molar-refractivity contribution in [3.8, 4) is 17.4 Å². The molecule has 1 aliphatic rings. The molecule has 1 N–H and O–H groups in total. The molecule has 1 aromatic heterocycles. The number of aromatic nitrogens is 1. The molecule has 3 aromatic rings. The Balaban J connectivity index is 1.35. The van der Waals surface area contributed by atoms with E-state index in [9.17, 15) is 4.79 Å². The summed E-state index contributed by atoms with van der Waals surface area (Å²) in [6.07, 6.45) is 3.56. The van der Waals surface area contributed by atoms with Gasteiger partial charge in [-0.1, -0.05) is 44.2 Å². The van der Waals surface area contributed by atoms with Crippen molar-refractivity contribution in [2.45, 2.75) is 32.8 Å². The van der Waals surface area contributed by atoms with E-state index < -0.39 is 0 Å². The summed E-state index contributed by atoms with van der Waals surface area (Å²) in [6.45, 7) is 6.13. The number of hydrogen-bond donors (Lipinski definition) is 1. The highest BCUT2D eigenvalue weighted by Gasteiger charge is 2.21. The Hall–Kier alpha value is -3.38. The van der Waals surface area contributed by atoms with Gasteiger partial charge in [0.05, 0.1) is 18.4 Å². The highest BCUT2D eigenvalue weighted by molar-refractivity contribution is 5.92. The van der Waals surface area contributed by atoms with Crippen molar-refractivity contribution < 1.29 is 14.3 Å². The topological polar surface area (TPSA) is 63.7 Å². The quantitative estimate of drug-likeness (QED) is 0.530. The highest BCUT2D eigenvalue weighted by Crippen LogP contribution is 2.37. The standard InChI is InChI=1S/C26H29N3O3/c1-3-29(4-2)18-25(30)28-21-11-15-26(27-17-21)31-22-12-14-24-20(16-22)10-13-23(32-24)19-8-6-5-7-9-19/h5-9,11-12,14-17,23H,3-4,10,13,18H2,1-2H3,(H,28,30). The minimum Gasteiger partial charge on any atom is -0.485 e. The monoisotopic (exact) mass is 431 g/mol. The number of anilines is 1. The maximum Gasteiger partial charge on any atom is 0.238 e. The second-order valence-electron chi connectivity index (χ2n) is 7.82. The molecule has 1 unspecified atom stereocenters. The Kier molecular flexibility index (Phi) is 7.02. The molecular formula is C26H29N3O3. The van der Waals surface area contributed by atoms with Crippen molar-refractivity contribution in [2.75, 3.05) is 25.0 Å². The fourth-order valence-corrected chi connectivity index (χ4v) is 3.82. The first-order valence-corrected chi connectivity index (χ1v) is 11.1. The molecule has 1 aliphatic heterocycles. The molecule has 0 bridgehead atoms. The zero-order chi connectivity index (χ0) is 22.3. The SMILES string of the molecule is CCN(CC)CC(=O)Nc1ccc(Oc2ccc3c(c2)CCC(c2ccccc2)O3)nc1. The van der Waals surface area contributed by atoms with Crippen molar-refractivity contribution in [1.29, 1.82) is 0 Å². The van der Waals surface area contributed by atoms with E-state index in [1.807, 2.05) is 50.2 Å². The second kappa shape index (κ2) is 10.3. The lowest BCUT2D eigenvalue weighted by Crippen LogP contribution is -2.32. The number of pyridine rings is 1. The predicted molar refractivity (Wildman–Crippen MR) is 125 cm³/mol. The summed E-state index contributed by atoms with van der Waals surface area (Å²) in [5.41, 5.74) is 2.99. The lowest BCUT2D eigenvalue weighted by molar-refractivity contribution is -0.117. The number of ether oxygens (including phenoxy) is 2. The molecule has 4 rings (SSSR count). The van der Waals surface area contributed by atoms with Crippen LogP contribution in [-0.2, 0) is 11.2 Å². The van der Waals surface area contributed by atoms with Crippen molar-refractivity contribution in [2.24, 2.45) is 0 Å². The number of hydrogen-bond acceptors (Lipinski definition) is 5. The summed E-state index contributed by atoms with van der Waals surface area (Å²) in [4.78, 5) is 18.5. The molecule has 0 radical (unpaired) electrons. The lowest BCUT2D eigenvalue weighted by atomic mass is 9.97. The summed E-state index contributed by atoms with van der Waals surface area (Å²) < 4.78 is 12.1. The molecule has 1 amide bonds. The van der Waals surface area contributed by atoms with Gasteiger partial charge in [0.15, 0.2) is 0 Å². The van der Waals surface area contributed by atoms with Gasteiger partial charge in [-0.05, 0) is 61.3 Å². The summed E-state index contributed by atoms with van der Waals surface area (Å²) in [7, 11) is 0. The minimum absolute atomic E-state index is 0.0485. The Bertz CT molecular complexity index is 1030. The Morgan fingerprint density at radius 3 is 2.66 bits per heavy atom. The molecule has 0 saturated heterocycles. The number of carbonyl (C=O) groups excluding carboxylic acids is 1. The van der Waals surface area contributed by atoms with Gasteiger partial charge in [0, 0.05) is 6.07 Å². The fraction of sp³-hybridized carbons (Fsp3) is 0.308. The van der Waals surface area contributed by atoms with E-state index in [0.29, 0.717) is 18.1 Å². The van der Waals surface area contributed by atoms with Crippen LogP contribution in [0.4, 0.5) is 5.69 Å². The van der Waals surface area contributed by atoms with E-state index in [1.54, 1.807) is 18.3 Å². The summed E-state index contributed by atoms with van der Waals surface area (Å²) in [6, 6.07) is 19.7. The molecule has 2 aromatic carbocycles. The summed E-state index contributed by atoms with van der Waals surface area (Å²) >= 11 is 0. The summed E-state index contributed by atoms with van der Waals surface area (Å²) in [5.74, 6) is 2.05. The van der Waals surface area contributed by atoms with Crippen LogP contribution in [0.3, 0.4) is 0 Å². The van der Waals surface area contributed by atoms with Crippen LogP contribution in [0.5, 0.6) is 17.4 Å². The van der Waals surface area contributed by atoms with Gasteiger partial charge in [0.2, 0.25) is 11.8 Å². The molecule has 2 heterocycles. The predicted octanol–water partition coefficient (Wildman–Crippen LogP) is 5.22. The normalized spacial score (nSPS) is 15.0. The summed E-state index contributed by atoms with van der Waals surface area (Å²) in [5, 5.41) is 2.88. The van der Waals surface area contributed by atoms with Crippen LogP contribution in [0, 0.1) is 0 Å². The van der Waals surface area contributed by atoms with Crippen LogP contribution in [0.2, 0.25) is 0 Å². The van der Waals surface area contributed by atoms with Crippen LogP contribution >= 0.6 is 0 Å². The Morgan fingerprint density at radius 2 is 1.94 bits per heavy atom. The number of fused-ring (bicyclic) bond motifs is 1. The minimum atomic E-state index is -0.0485. The lowest BCUT2D eigenvalue weighted by Gasteiger charge is -2.26. The fourth-order valence-electron chi connectivity index (χ4n) is 3.82. The molecule has 6 heteroatoms. The smallest absolute Gasteiger partial charge is 0.238 e. The molecule has 0 aliphatic carbocycles. The van der Waals surface area contributed by atoms with Gasteiger partial charge in [0.1, 0.15) is 17.6 Å². The number of amides is 1. The second-order valence-corrected chi connectivity index (χ2v) is 7.82. The number of carbonyl (C=O) groups is 1. The van der Waals surface area contributed by atoms with Crippen LogP contribution < -0.4 is 14.8 Å². The van der Waals surface area contributed by atoms with E-state index >= 15 is 0 Å². The van der Waals surface area contributed by atoms with E-state index in [-0.39, 0.29) is 12.0 Å². The van der Waals surface area contributed by atoms with Gasteiger partial charge in [-0.3, -0.25) is 9.69 Å². The van der Waals surface area contributed by atoms with Gasteiger partial charge >= 0.3 is 0 Å². The number of likely N-dealkylation sites (N-methyl/N-ethyl adjacent to an activating group) is 1. The van der Waals surface area contributed by atoms with E-state index in [0.717, 1.165) is 43.0 Å². The highest BCUT2D eigenvalue weighted by atomic mass is 16.5. The van der Waals surface area contributed by atoms with Crippen LogP contribution in [0.1, 0.15) is 37.5 Å². The first-order chi connectivity index (χ1) is 15.6. The Morgan fingerprint density at radius 1 is 1.12 bits per heavy atom. The van der Waals surface area contributed by atoms with Crippen molar-refractivity contribution in [3.63, 3.8) is 0 Å². The van der Waals surface area contributed by atoms with Gasteiger partial charge in [-0.25, -0.2) is 4.98 Å².